The number of likely N-dealkylation sites (tertiary alicyclic amines) is 1. The number of aliphatic hydroxyl groups excluding tert-OH is 1. The van der Waals surface area contributed by atoms with E-state index >= 15 is 0 Å². The van der Waals surface area contributed by atoms with Gasteiger partial charge in [0.2, 0.25) is 17.7 Å². The summed E-state index contributed by atoms with van der Waals surface area (Å²) < 4.78 is 12.6. The van der Waals surface area contributed by atoms with Gasteiger partial charge in [0.15, 0.2) is 0 Å². The van der Waals surface area contributed by atoms with Crippen LogP contribution >= 0.6 is 0 Å². The Bertz CT molecular complexity index is 1250. The highest BCUT2D eigenvalue weighted by Crippen LogP contribution is 2.64. The molecule has 10 heteroatoms. The van der Waals surface area contributed by atoms with E-state index in [0.29, 0.717) is 84.6 Å². The van der Waals surface area contributed by atoms with Crippen molar-refractivity contribution in [3.05, 3.63) is 61.2 Å². The van der Waals surface area contributed by atoms with Crippen LogP contribution in [0, 0.1) is 11.8 Å². The topological polar surface area (TPSA) is 103 Å². The van der Waals surface area contributed by atoms with Crippen molar-refractivity contribution in [3.63, 3.8) is 0 Å². The Morgan fingerprint density at radius 1 is 0.979 bits per heavy atom. The van der Waals surface area contributed by atoms with Crippen LogP contribution in [0.4, 0.5) is 0 Å². The van der Waals surface area contributed by atoms with Crippen molar-refractivity contribution in [2.45, 2.75) is 75.7 Å². The van der Waals surface area contributed by atoms with Crippen molar-refractivity contribution >= 4 is 17.7 Å². The fourth-order valence-corrected chi connectivity index (χ4v) is 8.46. The lowest BCUT2D eigenvalue weighted by molar-refractivity contribution is -0.155. The summed E-state index contributed by atoms with van der Waals surface area (Å²) in [5.41, 5.74) is -0.876. The Balaban J connectivity index is 1.47. The molecule has 2 bridgehead atoms. The molecule has 4 fully saturated rings. The molecule has 3 amide bonds. The third-order valence-electron chi connectivity index (χ3n) is 10.8. The van der Waals surface area contributed by atoms with E-state index in [9.17, 15) is 19.5 Å². The van der Waals surface area contributed by atoms with Gasteiger partial charge in [0.05, 0.1) is 30.7 Å². The average Bonchev–Trinajstić information content (AvgIpc) is 3.70. The highest BCUT2D eigenvalue weighted by atomic mass is 16.5. The zero-order valence-corrected chi connectivity index (χ0v) is 28.2. The number of nitrogens with zero attached hydrogens (tertiary/aromatic N) is 4. The van der Waals surface area contributed by atoms with Crippen molar-refractivity contribution in [2.75, 3.05) is 65.6 Å². The highest BCUT2D eigenvalue weighted by molar-refractivity contribution is 5.99. The first-order chi connectivity index (χ1) is 22.9. The monoisotopic (exact) mass is 650 g/mol. The first-order valence-electron chi connectivity index (χ1n) is 17.6. The summed E-state index contributed by atoms with van der Waals surface area (Å²) in [4.78, 5) is 51.8. The molecule has 4 saturated heterocycles. The maximum Gasteiger partial charge on any atom is 0.248 e. The zero-order chi connectivity index (χ0) is 33.4. The number of hydrogen-bond donors (Lipinski definition) is 1. The number of carbonyl (C=O) groups is 3. The summed E-state index contributed by atoms with van der Waals surface area (Å²) in [6.07, 6.45) is 8.34. The number of morpholine rings is 1. The van der Waals surface area contributed by atoms with Gasteiger partial charge in [-0.3, -0.25) is 19.3 Å². The van der Waals surface area contributed by atoms with Gasteiger partial charge in [-0.2, -0.15) is 0 Å². The number of aliphatic hydroxyl groups is 1. The van der Waals surface area contributed by atoms with Gasteiger partial charge < -0.3 is 29.3 Å². The normalized spacial score (nSPS) is 28.3. The molecule has 5 rings (SSSR count). The Labute approximate surface area is 280 Å². The van der Waals surface area contributed by atoms with Gasteiger partial charge in [0.1, 0.15) is 11.6 Å². The average molecular weight is 651 g/mol. The first-order valence-corrected chi connectivity index (χ1v) is 17.6. The number of hydrogen-bond acceptors (Lipinski definition) is 7. The molecule has 1 aromatic rings. The van der Waals surface area contributed by atoms with Crippen LogP contribution in [0.25, 0.3) is 0 Å². The minimum atomic E-state index is -1.07. The van der Waals surface area contributed by atoms with E-state index in [0.717, 1.165) is 31.5 Å². The molecular formula is C37H54N4O6. The van der Waals surface area contributed by atoms with Crippen LogP contribution in [0.5, 0.6) is 0 Å². The van der Waals surface area contributed by atoms with E-state index in [1.165, 1.54) is 0 Å². The third-order valence-corrected chi connectivity index (χ3v) is 10.8. The second-order valence-corrected chi connectivity index (χ2v) is 13.5. The number of amides is 3. The van der Waals surface area contributed by atoms with Gasteiger partial charge in [-0.15, -0.1) is 13.2 Å². The molecule has 0 aliphatic carbocycles. The van der Waals surface area contributed by atoms with E-state index in [2.05, 4.69) is 18.1 Å². The first kappa shape index (κ1) is 35.3. The minimum absolute atomic E-state index is 0.109. The number of rotatable bonds is 18. The number of ether oxygens (including phenoxy) is 2. The lowest BCUT2D eigenvalue weighted by Crippen LogP contribution is -2.57. The van der Waals surface area contributed by atoms with Gasteiger partial charge in [0, 0.05) is 59.0 Å². The summed E-state index contributed by atoms with van der Waals surface area (Å²) in [7, 11) is 0. The Hall–Kier alpha value is -3.05. The smallest absolute Gasteiger partial charge is 0.248 e. The molecule has 5 atom stereocenters. The molecule has 0 saturated carbocycles. The SMILES string of the molecule is C=CCN(CCN1CCOCC1)C(=O)C1N(CCCCCCO)C(=O)[C@@H]2[C@H](C(=O)N(CC=C)Cc3ccccc3)[C@]3(CC)CCC12O3. The van der Waals surface area contributed by atoms with Gasteiger partial charge in [-0.1, -0.05) is 62.2 Å². The zero-order valence-electron chi connectivity index (χ0n) is 28.2. The van der Waals surface area contributed by atoms with Crippen LogP contribution in [0.2, 0.25) is 0 Å². The van der Waals surface area contributed by atoms with Crippen LogP contribution in [0.15, 0.2) is 55.6 Å². The molecular weight excluding hydrogens is 596 g/mol. The maximum absolute atomic E-state index is 14.8. The van der Waals surface area contributed by atoms with Gasteiger partial charge in [-0.05, 0) is 37.7 Å². The quantitative estimate of drug-likeness (QED) is 0.192. The summed E-state index contributed by atoms with van der Waals surface area (Å²) in [5.74, 6) is -1.81. The van der Waals surface area contributed by atoms with Crippen molar-refractivity contribution in [1.82, 2.24) is 19.6 Å². The van der Waals surface area contributed by atoms with Crippen molar-refractivity contribution in [3.8, 4) is 0 Å². The number of unbranched alkanes of at least 4 members (excludes halogenated alkanes) is 3. The van der Waals surface area contributed by atoms with Crippen molar-refractivity contribution in [1.29, 1.82) is 0 Å². The van der Waals surface area contributed by atoms with Gasteiger partial charge >= 0.3 is 0 Å². The summed E-state index contributed by atoms with van der Waals surface area (Å²) >= 11 is 0. The van der Waals surface area contributed by atoms with Crippen LogP contribution in [-0.2, 0) is 30.4 Å². The predicted octanol–water partition coefficient (Wildman–Crippen LogP) is 3.26. The van der Waals surface area contributed by atoms with E-state index in [1.54, 1.807) is 22.0 Å². The molecule has 2 unspecified atom stereocenters. The molecule has 258 valence electrons. The second kappa shape index (κ2) is 15.9. The van der Waals surface area contributed by atoms with Crippen LogP contribution in [0.1, 0.15) is 57.4 Å². The molecule has 1 aromatic carbocycles. The number of benzene rings is 1. The summed E-state index contributed by atoms with van der Waals surface area (Å²) in [6, 6.07) is 9.05. The lowest BCUT2D eigenvalue weighted by atomic mass is 9.64. The van der Waals surface area contributed by atoms with Crippen molar-refractivity contribution in [2.24, 2.45) is 11.8 Å². The number of carbonyl (C=O) groups excluding carboxylic acids is 3. The van der Waals surface area contributed by atoms with Crippen LogP contribution < -0.4 is 0 Å². The lowest BCUT2D eigenvalue weighted by Gasteiger charge is -2.37. The fourth-order valence-electron chi connectivity index (χ4n) is 8.46. The second-order valence-electron chi connectivity index (χ2n) is 13.5. The number of fused-ring (bicyclic) bond motifs is 1. The Kier molecular flexibility index (Phi) is 11.9. The van der Waals surface area contributed by atoms with E-state index in [1.807, 2.05) is 42.2 Å². The predicted molar refractivity (Wildman–Crippen MR) is 180 cm³/mol. The Morgan fingerprint density at radius 2 is 1.68 bits per heavy atom. The maximum atomic E-state index is 14.8. The summed E-state index contributed by atoms with van der Waals surface area (Å²) in [5, 5.41) is 9.28. The molecule has 0 aromatic heterocycles. The third kappa shape index (κ3) is 7.07. The van der Waals surface area contributed by atoms with Gasteiger partial charge in [-0.25, -0.2) is 0 Å². The molecule has 1 N–H and O–H groups in total. The van der Waals surface area contributed by atoms with E-state index in [4.69, 9.17) is 9.47 Å². The molecule has 4 aliphatic rings. The standard InChI is InChI=1S/C37H54N4O6/c1-4-18-39(22-21-38-23-26-46-27-24-38)35(45)32-37-17-16-36(6-3,47-37)30(31(37)34(44)41(32)20-12-7-8-13-25-42)33(43)40(19-5-2)28-29-14-10-9-11-15-29/h4-5,9-11,14-15,30-32,42H,1-2,6-8,12-13,16-28H2,3H3/t30-,31+,32?,36+,37?/m1/s1. The largest absolute Gasteiger partial charge is 0.396 e. The van der Waals surface area contributed by atoms with Crippen molar-refractivity contribution < 1.29 is 29.0 Å². The minimum Gasteiger partial charge on any atom is -0.396 e. The molecule has 47 heavy (non-hydrogen) atoms. The molecule has 1 spiro atoms. The summed E-state index contributed by atoms with van der Waals surface area (Å²) in [6.45, 7) is 15.8. The molecule has 4 heterocycles. The Morgan fingerprint density at radius 3 is 2.36 bits per heavy atom. The fraction of sp³-hybridized carbons (Fsp3) is 0.649. The van der Waals surface area contributed by atoms with Crippen LogP contribution in [0.3, 0.4) is 0 Å². The molecule has 0 radical (unpaired) electrons. The molecule has 4 aliphatic heterocycles. The van der Waals surface area contributed by atoms with E-state index in [-0.39, 0.29) is 24.3 Å². The van der Waals surface area contributed by atoms with Crippen LogP contribution in [-0.4, -0.2) is 125 Å². The van der Waals surface area contributed by atoms with Gasteiger partial charge in [0.25, 0.3) is 0 Å². The highest BCUT2D eigenvalue weighted by Gasteiger charge is 2.79. The van der Waals surface area contributed by atoms with E-state index < -0.39 is 29.1 Å². The molecule has 10 nitrogen and oxygen atoms in total.